The smallest absolute Gasteiger partial charge is 0.0433 e. The molecule has 0 spiro atoms. The van der Waals surface area contributed by atoms with E-state index in [9.17, 15) is 0 Å². The molecule has 1 heterocycles. The van der Waals surface area contributed by atoms with E-state index in [2.05, 4.69) is 122 Å². The standard InChI is InChI=1S/C31H22S/c1-21-9-11-22(12-10-21)23-13-15-24(16-14-23)25-17-19-26(20-18-25)27-6-4-7-29-28-5-2-3-8-30(28)32-31(27)29/h2-20H,1H3. The van der Waals surface area contributed by atoms with Crippen LogP contribution in [0, 0.1) is 6.92 Å². The van der Waals surface area contributed by atoms with E-state index in [0.29, 0.717) is 0 Å². The molecule has 0 fully saturated rings. The normalized spacial score (nSPS) is 11.3. The first kappa shape index (κ1) is 19.0. The summed E-state index contributed by atoms with van der Waals surface area (Å²) in [5.74, 6) is 0. The lowest BCUT2D eigenvalue weighted by Gasteiger charge is -2.08. The zero-order valence-corrected chi connectivity index (χ0v) is 18.7. The minimum atomic E-state index is 1.24. The second-order valence-corrected chi connectivity index (χ2v) is 9.35. The van der Waals surface area contributed by atoms with Crippen molar-refractivity contribution in [2.24, 2.45) is 0 Å². The number of aryl methyl sites for hydroxylation is 1. The van der Waals surface area contributed by atoms with Gasteiger partial charge in [0.1, 0.15) is 0 Å². The van der Waals surface area contributed by atoms with Gasteiger partial charge in [-0.25, -0.2) is 0 Å². The third-order valence-corrected chi connectivity index (χ3v) is 7.42. The Labute approximate surface area is 192 Å². The molecule has 0 saturated heterocycles. The van der Waals surface area contributed by atoms with Gasteiger partial charge < -0.3 is 0 Å². The first-order valence-corrected chi connectivity index (χ1v) is 11.8. The molecule has 0 nitrogen and oxygen atoms in total. The summed E-state index contributed by atoms with van der Waals surface area (Å²) in [4.78, 5) is 0. The first-order valence-electron chi connectivity index (χ1n) is 10.9. The van der Waals surface area contributed by atoms with Gasteiger partial charge in [-0.05, 0) is 46.4 Å². The molecular formula is C31H22S. The highest BCUT2D eigenvalue weighted by molar-refractivity contribution is 7.26. The molecule has 0 unspecified atom stereocenters. The van der Waals surface area contributed by atoms with Crippen molar-refractivity contribution in [3.63, 3.8) is 0 Å². The van der Waals surface area contributed by atoms with E-state index >= 15 is 0 Å². The number of thiophene rings is 1. The van der Waals surface area contributed by atoms with Crippen LogP contribution in [0.25, 0.3) is 53.6 Å². The molecule has 0 aliphatic carbocycles. The predicted molar refractivity (Wildman–Crippen MR) is 140 cm³/mol. The maximum Gasteiger partial charge on any atom is 0.0433 e. The van der Waals surface area contributed by atoms with E-state index in [1.807, 2.05) is 11.3 Å². The van der Waals surface area contributed by atoms with Gasteiger partial charge in [0.25, 0.3) is 0 Å². The van der Waals surface area contributed by atoms with Crippen molar-refractivity contribution in [2.75, 3.05) is 0 Å². The van der Waals surface area contributed by atoms with Crippen molar-refractivity contribution in [2.45, 2.75) is 6.92 Å². The Kier molecular flexibility index (Phi) is 4.63. The molecule has 0 aliphatic heterocycles. The number of fused-ring (bicyclic) bond motifs is 3. The summed E-state index contributed by atoms with van der Waals surface area (Å²) in [6.45, 7) is 2.12. The van der Waals surface area contributed by atoms with E-state index in [0.717, 1.165) is 0 Å². The largest absolute Gasteiger partial charge is 0.135 e. The predicted octanol–water partition coefficient (Wildman–Crippen LogP) is 9.36. The number of hydrogen-bond acceptors (Lipinski definition) is 1. The Morgan fingerprint density at radius 1 is 0.438 bits per heavy atom. The molecule has 0 saturated carbocycles. The molecule has 6 aromatic rings. The summed E-state index contributed by atoms with van der Waals surface area (Å²) in [5, 5.41) is 2.69. The lowest BCUT2D eigenvalue weighted by atomic mass is 9.97. The quantitative estimate of drug-likeness (QED) is 0.264. The van der Waals surface area contributed by atoms with E-state index in [-0.39, 0.29) is 0 Å². The topological polar surface area (TPSA) is 0 Å². The molecule has 0 bridgehead atoms. The van der Waals surface area contributed by atoms with Crippen molar-refractivity contribution in [1.82, 2.24) is 0 Å². The molecule has 5 aromatic carbocycles. The van der Waals surface area contributed by atoms with Gasteiger partial charge in [-0.2, -0.15) is 0 Å². The van der Waals surface area contributed by atoms with Crippen molar-refractivity contribution >= 4 is 31.5 Å². The number of rotatable bonds is 3. The van der Waals surface area contributed by atoms with E-state index in [1.165, 1.54) is 59.1 Å². The summed E-state index contributed by atoms with van der Waals surface area (Å²) in [6, 6.07) is 41.9. The van der Waals surface area contributed by atoms with Crippen LogP contribution in [0.15, 0.2) is 115 Å². The maximum atomic E-state index is 2.25. The fourth-order valence-electron chi connectivity index (χ4n) is 4.42. The molecule has 0 atom stereocenters. The van der Waals surface area contributed by atoms with Crippen LogP contribution < -0.4 is 0 Å². The Balaban J connectivity index is 1.34. The van der Waals surface area contributed by atoms with Gasteiger partial charge in [0.15, 0.2) is 0 Å². The maximum absolute atomic E-state index is 2.25. The Morgan fingerprint density at radius 3 is 1.56 bits per heavy atom. The first-order chi connectivity index (χ1) is 15.8. The van der Waals surface area contributed by atoms with Crippen LogP contribution in [0.5, 0.6) is 0 Å². The van der Waals surface area contributed by atoms with Gasteiger partial charge in [-0.1, -0.05) is 115 Å². The summed E-state index contributed by atoms with van der Waals surface area (Å²) in [5.41, 5.74) is 8.86. The third kappa shape index (κ3) is 3.32. The molecule has 0 amide bonds. The van der Waals surface area contributed by atoms with E-state index in [1.54, 1.807) is 0 Å². The molecule has 0 N–H and O–H groups in total. The number of benzene rings is 5. The molecule has 6 rings (SSSR count). The Hall–Kier alpha value is -3.68. The zero-order chi connectivity index (χ0) is 21.5. The Morgan fingerprint density at radius 2 is 0.938 bits per heavy atom. The van der Waals surface area contributed by atoms with Crippen LogP contribution in [-0.4, -0.2) is 0 Å². The van der Waals surface area contributed by atoms with Crippen LogP contribution in [0.4, 0.5) is 0 Å². The SMILES string of the molecule is Cc1ccc(-c2ccc(-c3ccc(-c4cccc5c4sc4ccccc45)cc3)cc2)cc1. The van der Waals surface area contributed by atoms with Gasteiger partial charge in [0, 0.05) is 20.2 Å². The molecule has 1 aromatic heterocycles. The lowest BCUT2D eigenvalue weighted by molar-refractivity contribution is 1.47. The fourth-order valence-corrected chi connectivity index (χ4v) is 5.66. The average molecular weight is 427 g/mol. The third-order valence-electron chi connectivity index (χ3n) is 6.20. The van der Waals surface area contributed by atoms with Crippen molar-refractivity contribution in [1.29, 1.82) is 0 Å². The fraction of sp³-hybridized carbons (Fsp3) is 0.0323. The highest BCUT2D eigenvalue weighted by Gasteiger charge is 2.10. The highest BCUT2D eigenvalue weighted by Crippen LogP contribution is 2.40. The summed E-state index contributed by atoms with van der Waals surface area (Å²) >= 11 is 1.88. The molecule has 152 valence electrons. The molecule has 0 radical (unpaired) electrons. The van der Waals surface area contributed by atoms with Crippen molar-refractivity contribution in [3.8, 4) is 33.4 Å². The minimum Gasteiger partial charge on any atom is -0.135 e. The van der Waals surface area contributed by atoms with Crippen molar-refractivity contribution < 1.29 is 0 Å². The van der Waals surface area contributed by atoms with E-state index in [4.69, 9.17) is 0 Å². The van der Waals surface area contributed by atoms with Gasteiger partial charge in [0.2, 0.25) is 0 Å². The second kappa shape index (κ2) is 7.78. The monoisotopic (exact) mass is 426 g/mol. The summed E-state index contributed by atoms with van der Waals surface area (Å²) < 4.78 is 2.71. The van der Waals surface area contributed by atoms with Crippen LogP contribution in [0.2, 0.25) is 0 Å². The van der Waals surface area contributed by atoms with Gasteiger partial charge in [-0.15, -0.1) is 11.3 Å². The summed E-state index contributed by atoms with van der Waals surface area (Å²) in [7, 11) is 0. The van der Waals surface area contributed by atoms with Gasteiger partial charge in [-0.3, -0.25) is 0 Å². The second-order valence-electron chi connectivity index (χ2n) is 8.30. The summed E-state index contributed by atoms with van der Waals surface area (Å²) in [6.07, 6.45) is 0. The number of hydrogen-bond donors (Lipinski definition) is 0. The Bertz CT molecular complexity index is 1530. The zero-order valence-electron chi connectivity index (χ0n) is 17.9. The lowest BCUT2D eigenvalue weighted by Crippen LogP contribution is -1.82. The molecule has 32 heavy (non-hydrogen) atoms. The molecule has 1 heteroatoms. The van der Waals surface area contributed by atoms with E-state index < -0.39 is 0 Å². The molecule has 0 aliphatic rings. The van der Waals surface area contributed by atoms with Crippen LogP contribution in [0.1, 0.15) is 5.56 Å². The van der Waals surface area contributed by atoms with Crippen LogP contribution in [0.3, 0.4) is 0 Å². The van der Waals surface area contributed by atoms with Crippen LogP contribution >= 0.6 is 11.3 Å². The van der Waals surface area contributed by atoms with Gasteiger partial charge in [0.05, 0.1) is 0 Å². The van der Waals surface area contributed by atoms with Gasteiger partial charge >= 0.3 is 0 Å². The minimum absolute atomic E-state index is 1.24. The van der Waals surface area contributed by atoms with Crippen molar-refractivity contribution in [3.05, 3.63) is 121 Å². The molecular weight excluding hydrogens is 404 g/mol. The van der Waals surface area contributed by atoms with Crippen LogP contribution in [-0.2, 0) is 0 Å². The average Bonchev–Trinajstić information content (AvgIpc) is 3.24. The highest BCUT2D eigenvalue weighted by atomic mass is 32.1.